The Labute approximate surface area is 114 Å². The van der Waals surface area contributed by atoms with Crippen molar-refractivity contribution in [3.05, 3.63) is 0 Å². The van der Waals surface area contributed by atoms with Crippen LogP contribution in [0, 0.1) is 5.92 Å². The van der Waals surface area contributed by atoms with E-state index in [1.54, 1.807) is 20.8 Å². The second-order valence-electron chi connectivity index (χ2n) is 6.05. The third kappa shape index (κ3) is 9.30. The van der Waals surface area contributed by atoms with Crippen LogP contribution < -0.4 is 5.32 Å². The highest BCUT2D eigenvalue weighted by molar-refractivity contribution is 5.69. The molecule has 0 aliphatic rings. The summed E-state index contributed by atoms with van der Waals surface area (Å²) in [6, 6.07) is -0.633. The maximum atomic E-state index is 11.6. The molecule has 112 valence electrons. The summed E-state index contributed by atoms with van der Waals surface area (Å²) in [5.74, 6) is -0.893. The molecule has 0 aromatic carbocycles. The van der Waals surface area contributed by atoms with Crippen LogP contribution in [0.25, 0.3) is 0 Å². The van der Waals surface area contributed by atoms with Crippen molar-refractivity contribution in [1.29, 1.82) is 0 Å². The molecule has 0 radical (unpaired) electrons. The average Bonchev–Trinajstić information content (AvgIpc) is 2.11. The molecule has 0 aliphatic carbocycles. The molecule has 2 atom stereocenters. The summed E-state index contributed by atoms with van der Waals surface area (Å²) in [6.45, 7) is 9.06. The second-order valence-corrected chi connectivity index (χ2v) is 6.05. The van der Waals surface area contributed by atoms with E-state index in [1.165, 1.54) is 0 Å². The molecule has 0 rings (SSSR count). The highest BCUT2D eigenvalue weighted by Gasteiger charge is 2.26. The van der Waals surface area contributed by atoms with Crippen molar-refractivity contribution in [3.63, 3.8) is 0 Å². The van der Waals surface area contributed by atoms with Gasteiger partial charge in [0.15, 0.2) is 0 Å². The van der Waals surface area contributed by atoms with Crippen molar-refractivity contribution in [2.45, 2.75) is 65.2 Å². The van der Waals surface area contributed by atoms with Crippen molar-refractivity contribution in [1.82, 2.24) is 5.32 Å². The first-order valence-corrected chi connectivity index (χ1v) is 6.40. The van der Waals surface area contributed by atoms with Gasteiger partial charge in [-0.1, -0.05) is 13.8 Å². The fourth-order valence-electron chi connectivity index (χ4n) is 1.60. The summed E-state index contributed by atoms with van der Waals surface area (Å²) in [7, 11) is 0. The molecule has 0 fully saturated rings. The zero-order valence-electron chi connectivity index (χ0n) is 12.3. The summed E-state index contributed by atoms with van der Waals surface area (Å²) in [4.78, 5) is 22.3. The number of aliphatic carboxylic acids is 1. The van der Waals surface area contributed by atoms with Crippen LogP contribution in [-0.4, -0.2) is 40.0 Å². The zero-order chi connectivity index (χ0) is 15.2. The van der Waals surface area contributed by atoms with Crippen LogP contribution in [0.3, 0.4) is 0 Å². The molecule has 0 aromatic rings. The lowest BCUT2D eigenvalue weighted by Gasteiger charge is -2.27. The van der Waals surface area contributed by atoms with Crippen LogP contribution in [0.1, 0.15) is 47.5 Å². The number of hydrogen-bond acceptors (Lipinski definition) is 4. The van der Waals surface area contributed by atoms with Gasteiger partial charge < -0.3 is 20.3 Å². The quantitative estimate of drug-likeness (QED) is 0.686. The minimum atomic E-state index is -1.13. The van der Waals surface area contributed by atoms with Gasteiger partial charge in [0.25, 0.3) is 0 Å². The Morgan fingerprint density at radius 1 is 1.26 bits per heavy atom. The standard InChI is InChI=1S/C13H25NO5/c1-8(2)6-9(10(15)7-11(16)17)14-12(18)19-13(3,4)5/h8-10,15H,6-7H2,1-5H3,(H,14,18)(H,16,17)/t9-,10-/m0/s1. The van der Waals surface area contributed by atoms with Crippen molar-refractivity contribution < 1.29 is 24.5 Å². The smallest absolute Gasteiger partial charge is 0.407 e. The molecule has 1 amide bonds. The van der Waals surface area contributed by atoms with Gasteiger partial charge in [0.05, 0.1) is 18.6 Å². The number of ether oxygens (including phenoxy) is 1. The molecule has 0 aromatic heterocycles. The third-order valence-corrected chi connectivity index (χ3v) is 2.28. The predicted octanol–water partition coefficient (Wildman–Crippen LogP) is 1.76. The van der Waals surface area contributed by atoms with Gasteiger partial charge in [0, 0.05) is 0 Å². The highest BCUT2D eigenvalue weighted by Crippen LogP contribution is 2.13. The lowest BCUT2D eigenvalue weighted by molar-refractivity contribution is -0.139. The van der Waals surface area contributed by atoms with Crippen LogP contribution in [0.2, 0.25) is 0 Å². The molecular weight excluding hydrogens is 250 g/mol. The van der Waals surface area contributed by atoms with Gasteiger partial charge in [0.2, 0.25) is 0 Å². The summed E-state index contributed by atoms with van der Waals surface area (Å²) < 4.78 is 5.10. The van der Waals surface area contributed by atoms with Gasteiger partial charge in [-0.25, -0.2) is 4.79 Å². The molecule has 6 nitrogen and oxygen atoms in total. The predicted molar refractivity (Wildman–Crippen MR) is 70.9 cm³/mol. The lowest BCUT2D eigenvalue weighted by Crippen LogP contribution is -2.46. The summed E-state index contributed by atoms with van der Waals surface area (Å²) in [5, 5.41) is 21.0. The van der Waals surface area contributed by atoms with E-state index in [9.17, 15) is 14.7 Å². The minimum Gasteiger partial charge on any atom is -0.481 e. The number of carboxylic acid groups (broad SMARTS) is 1. The lowest BCUT2D eigenvalue weighted by atomic mass is 9.97. The number of carbonyl (C=O) groups excluding carboxylic acids is 1. The molecule has 19 heavy (non-hydrogen) atoms. The number of carboxylic acids is 1. The van der Waals surface area contributed by atoms with Crippen molar-refractivity contribution in [2.24, 2.45) is 5.92 Å². The molecule has 3 N–H and O–H groups in total. The van der Waals surface area contributed by atoms with Gasteiger partial charge >= 0.3 is 12.1 Å². The SMILES string of the molecule is CC(C)C[C@H](NC(=O)OC(C)(C)C)[C@@H](O)CC(=O)O. The van der Waals surface area contributed by atoms with Gasteiger partial charge in [0.1, 0.15) is 5.60 Å². The number of amides is 1. The van der Waals surface area contributed by atoms with Crippen molar-refractivity contribution in [3.8, 4) is 0 Å². The van der Waals surface area contributed by atoms with Crippen LogP contribution in [0.5, 0.6) is 0 Å². The van der Waals surface area contributed by atoms with Crippen LogP contribution in [0.4, 0.5) is 4.79 Å². The molecule has 0 heterocycles. The van der Waals surface area contributed by atoms with Crippen LogP contribution in [0.15, 0.2) is 0 Å². The van der Waals surface area contributed by atoms with E-state index >= 15 is 0 Å². The Bertz CT molecular complexity index is 309. The number of aliphatic hydroxyl groups excluding tert-OH is 1. The minimum absolute atomic E-state index is 0.211. The first-order chi connectivity index (χ1) is 8.51. The normalized spacial score (nSPS) is 14.9. The zero-order valence-corrected chi connectivity index (χ0v) is 12.3. The van der Waals surface area contributed by atoms with Gasteiger partial charge in [-0.05, 0) is 33.1 Å². The van der Waals surface area contributed by atoms with E-state index < -0.39 is 36.2 Å². The van der Waals surface area contributed by atoms with Gasteiger partial charge in [-0.3, -0.25) is 4.79 Å². The molecule has 0 saturated heterocycles. The number of carbonyl (C=O) groups is 2. The van der Waals surface area contributed by atoms with Crippen LogP contribution >= 0.6 is 0 Å². The fourth-order valence-corrected chi connectivity index (χ4v) is 1.60. The topological polar surface area (TPSA) is 95.9 Å². The van der Waals surface area contributed by atoms with Crippen LogP contribution in [-0.2, 0) is 9.53 Å². The highest BCUT2D eigenvalue weighted by atomic mass is 16.6. The summed E-state index contributed by atoms with van der Waals surface area (Å²) in [5.41, 5.74) is -0.635. The maximum absolute atomic E-state index is 11.6. The molecule has 0 bridgehead atoms. The number of aliphatic hydroxyl groups is 1. The van der Waals surface area contributed by atoms with E-state index in [-0.39, 0.29) is 5.92 Å². The van der Waals surface area contributed by atoms with E-state index in [0.29, 0.717) is 6.42 Å². The Hall–Kier alpha value is -1.30. The van der Waals surface area contributed by atoms with E-state index in [0.717, 1.165) is 0 Å². The first kappa shape index (κ1) is 17.7. The Kier molecular flexibility index (Phi) is 6.83. The van der Waals surface area contributed by atoms with Crippen molar-refractivity contribution in [2.75, 3.05) is 0 Å². The molecule has 0 aliphatic heterocycles. The monoisotopic (exact) mass is 275 g/mol. The van der Waals surface area contributed by atoms with Crippen molar-refractivity contribution >= 4 is 12.1 Å². The Balaban J connectivity index is 4.58. The van der Waals surface area contributed by atoms with E-state index in [1.807, 2.05) is 13.8 Å². The van der Waals surface area contributed by atoms with Gasteiger partial charge in [-0.2, -0.15) is 0 Å². The molecule has 6 heteroatoms. The van der Waals surface area contributed by atoms with Gasteiger partial charge in [-0.15, -0.1) is 0 Å². The second kappa shape index (κ2) is 7.33. The number of nitrogens with one attached hydrogen (secondary N) is 1. The average molecular weight is 275 g/mol. The largest absolute Gasteiger partial charge is 0.481 e. The fraction of sp³-hybridized carbons (Fsp3) is 0.846. The summed E-state index contributed by atoms with van der Waals surface area (Å²) >= 11 is 0. The van der Waals surface area contributed by atoms with E-state index in [2.05, 4.69) is 5.32 Å². The molecule has 0 unspecified atom stereocenters. The first-order valence-electron chi connectivity index (χ1n) is 6.40. The Morgan fingerprint density at radius 3 is 2.16 bits per heavy atom. The maximum Gasteiger partial charge on any atom is 0.407 e. The molecule has 0 spiro atoms. The third-order valence-electron chi connectivity index (χ3n) is 2.28. The molecule has 0 saturated carbocycles. The van der Waals surface area contributed by atoms with E-state index in [4.69, 9.17) is 9.84 Å². The Morgan fingerprint density at radius 2 is 1.79 bits per heavy atom. The summed E-state index contributed by atoms with van der Waals surface area (Å²) in [6.07, 6.45) is -1.71. The number of alkyl carbamates (subject to hydrolysis) is 1. The molecular formula is C13H25NO5. The number of rotatable bonds is 6. The number of hydrogen-bond donors (Lipinski definition) is 3.